The van der Waals surface area contributed by atoms with Crippen molar-refractivity contribution >= 4 is 17.5 Å². The molecular formula is C30H47N3O2. The SMILES string of the molecule is CCC(=O)N1CCC2CCCC(CN(C(=O)CC3CCCC3)Cc3ccccc31)N2CCC(C)C. The molecule has 5 nitrogen and oxygen atoms in total. The molecule has 1 saturated heterocycles. The summed E-state index contributed by atoms with van der Waals surface area (Å²) in [6.45, 7) is 9.83. The summed E-state index contributed by atoms with van der Waals surface area (Å²) < 4.78 is 0. The molecule has 0 radical (unpaired) electrons. The number of piperidine rings is 1. The van der Waals surface area contributed by atoms with Crippen molar-refractivity contribution in [2.45, 2.75) is 110 Å². The fraction of sp³-hybridized carbons (Fsp3) is 0.733. The van der Waals surface area contributed by atoms with Crippen molar-refractivity contribution in [1.82, 2.24) is 9.80 Å². The van der Waals surface area contributed by atoms with Crippen molar-refractivity contribution in [2.75, 3.05) is 24.5 Å². The first kappa shape index (κ1) is 26.2. The van der Waals surface area contributed by atoms with Crippen LogP contribution < -0.4 is 4.90 Å². The Bertz CT molecular complexity index is 848. The van der Waals surface area contributed by atoms with Crippen molar-refractivity contribution in [2.24, 2.45) is 11.8 Å². The second-order valence-corrected chi connectivity index (χ2v) is 11.6. The highest BCUT2D eigenvalue weighted by Gasteiger charge is 2.35. The summed E-state index contributed by atoms with van der Waals surface area (Å²) in [6.07, 6.45) is 11.9. The summed E-state index contributed by atoms with van der Waals surface area (Å²) in [5.74, 6) is 1.70. The molecule has 2 amide bonds. The van der Waals surface area contributed by atoms with Crippen molar-refractivity contribution in [1.29, 1.82) is 0 Å². The molecule has 1 aliphatic carbocycles. The number of para-hydroxylation sites is 1. The van der Waals surface area contributed by atoms with Gasteiger partial charge in [-0.05, 0) is 68.5 Å². The minimum atomic E-state index is 0.182. The summed E-state index contributed by atoms with van der Waals surface area (Å²) in [5, 5.41) is 0. The molecule has 2 bridgehead atoms. The molecule has 2 unspecified atom stereocenters. The summed E-state index contributed by atoms with van der Waals surface area (Å²) in [7, 11) is 0. The first-order valence-corrected chi connectivity index (χ1v) is 14.4. The van der Waals surface area contributed by atoms with E-state index in [9.17, 15) is 9.59 Å². The molecule has 1 aromatic rings. The van der Waals surface area contributed by atoms with Gasteiger partial charge >= 0.3 is 0 Å². The third-order valence-corrected chi connectivity index (χ3v) is 8.63. The van der Waals surface area contributed by atoms with E-state index in [1.54, 1.807) is 0 Å². The highest BCUT2D eigenvalue weighted by Crippen LogP contribution is 2.33. The van der Waals surface area contributed by atoms with Crippen LogP contribution in [0.25, 0.3) is 0 Å². The number of amides is 2. The van der Waals surface area contributed by atoms with Crippen molar-refractivity contribution in [3.8, 4) is 0 Å². The second-order valence-electron chi connectivity index (χ2n) is 11.6. The van der Waals surface area contributed by atoms with Crippen LogP contribution in [-0.2, 0) is 16.1 Å². The summed E-state index contributed by atoms with van der Waals surface area (Å²) in [6, 6.07) is 9.20. The number of anilines is 1. The van der Waals surface area contributed by atoms with Crippen LogP contribution in [0.2, 0.25) is 0 Å². The molecule has 194 valence electrons. The molecule has 3 aliphatic rings. The van der Waals surface area contributed by atoms with Gasteiger partial charge in [-0.3, -0.25) is 14.5 Å². The van der Waals surface area contributed by atoms with Crippen molar-refractivity contribution in [3.05, 3.63) is 29.8 Å². The molecule has 1 aromatic carbocycles. The zero-order valence-electron chi connectivity index (χ0n) is 22.4. The summed E-state index contributed by atoms with van der Waals surface area (Å²) in [5.41, 5.74) is 2.11. The number of benzene rings is 1. The number of hydrogen-bond donors (Lipinski definition) is 0. The number of rotatable bonds is 6. The van der Waals surface area contributed by atoms with Crippen LogP contribution >= 0.6 is 0 Å². The molecule has 0 N–H and O–H groups in total. The number of fused-ring (bicyclic) bond motifs is 3. The Balaban J connectivity index is 1.68. The van der Waals surface area contributed by atoms with Gasteiger partial charge in [0, 0.05) is 50.2 Å². The third kappa shape index (κ3) is 6.67. The lowest BCUT2D eigenvalue weighted by Crippen LogP contribution is -2.53. The number of carbonyl (C=O) groups is 2. The molecule has 35 heavy (non-hydrogen) atoms. The van der Waals surface area contributed by atoms with Crippen LogP contribution in [0.1, 0.15) is 97.0 Å². The Kier molecular flexibility index (Phi) is 9.27. The minimum absolute atomic E-state index is 0.182. The van der Waals surface area contributed by atoms with E-state index < -0.39 is 0 Å². The van der Waals surface area contributed by atoms with Gasteiger partial charge in [0.1, 0.15) is 0 Å². The normalized spacial score (nSPS) is 24.3. The van der Waals surface area contributed by atoms with Gasteiger partial charge in [-0.1, -0.05) is 58.2 Å². The highest BCUT2D eigenvalue weighted by atomic mass is 16.2. The molecule has 0 aromatic heterocycles. The maximum absolute atomic E-state index is 13.7. The molecule has 2 heterocycles. The molecule has 2 fully saturated rings. The van der Waals surface area contributed by atoms with Crippen LogP contribution in [0.5, 0.6) is 0 Å². The lowest BCUT2D eigenvalue weighted by Gasteiger charge is -2.44. The Hall–Kier alpha value is -1.88. The van der Waals surface area contributed by atoms with Crippen LogP contribution in [-0.4, -0.2) is 53.3 Å². The topological polar surface area (TPSA) is 43.9 Å². The largest absolute Gasteiger partial charge is 0.337 e. The quantitative estimate of drug-likeness (QED) is 0.500. The first-order chi connectivity index (χ1) is 17.0. The number of carbonyl (C=O) groups excluding carboxylic acids is 2. The van der Waals surface area contributed by atoms with E-state index in [2.05, 4.69) is 41.8 Å². The van der Waals surface area contributed by atoms with E-state index in [0.29, 0.717) is 49.2 Å². The van der Waals surface area contributed by atoms with Crippen LogP contribution in [0.3, 0.4) is 0 Å². The average molecular weight is 482 g/mol. The van der Waals surface area contributed by atoms with Crippen LogP contribution in [0, 0.1) is 11.8 Å². The number of hydrogen-bond acceptors (Lipinski definition) is 3. The maximum atomic E-state index is 13.7. The third-order valence-electron chi connectivity index (χ3n) is 8.63. The van der Waals surface area contributed by atoms with Gasteiger partial charge in [-0.25, -0.2) is 0 Å². The Morgan fingerprint density at radius 3 is 2.43 bits per heavy atom. The smallest absolute Gasteiger partial charge is 0.226 e. The molecule has 0 spiro atoms. The molecule has 5 heteroatoms. The predicted molar refractivity (Wildman–Crippen MR) is 143 cm³/mol. The van der Waals surface area contributed by atoms with E-state index in [0.717, 1.165) is 37.3 Å². The Morgan fingerprint density at radius 2 is 1.69 bits per heavy atom. The average Bonchev–Trinajstić information content (AvgIpc) is 3.36. The fourth-order valence-electron chi connectivity index (χ4n) is 6.56. The molecule has 2 aliphatic heterocycles. The van der Waals surface area contributed by atoms with E-state index in [1.807, 2.05) is 17.9 Å². The molecule has 2 atom stereocenters. The molecule has 4 rings (SSSR count). The zero-order chi connectivity index (χ0) is 24.8. The minimum Gasteiger partial charge on any atom is -0.337 e. The fourth-order valence-corrected chi connectivity index (χ4v) is 6.56. The lowest BCUT2D eigenvalue weighted by molar-refractivity contribution is -0.134. The molecular weight excluding hydrogens is 434 g/mol. The molecule has 1 saturated carbocycles. The van der Waals surface area contributed by atoms with Gasteiger partial charge in [-0.15, -0.1) is 0 Å². The monoisotopic (exact) mass is 481 g/mol. The van der Waals surface area contributed by atoms with Crippen LogP contribution in [0.15, 0.2) is 24.3 Å². The number of nitrogens with zero attached hydrogens (tertiary/aromatic N) is 3. The van der Waals surface area contributed by atoms with Gasteiger partial charge in [-0.2, -0.15) is 0 Å². The Morgan fingerprint density at radius 1 is 0.943 bits per heavy atom. The maximum Gasteiger partial charge on any atom is 0.226 e. The van der Waals surface area contributed by atoms with Gasteiger partial charge in [0.05, 0.1) is 0 Å². The van der Waals surface area contributed by atoms with Gasteiger partial charge in [0.2, 0.25) is 11.8 Å². The van der Waals surface area contributed by atoms with E-state index >= 15 is 0 Å². The highest BCUT2D eigenvalue weighted by molar-refractivity contribution is 5.94. The van der Waals surface area contributed by atoms with Crippen molar-refractivity contribution in [3.63, 3.8) is 0 Å². The van der Waals surface area contributed by atoms with Gasteiger partial charge < -0.3 is 9.80 Å². The van der Waals surface area contributed by atoms with Gasteiger partial charge in [0.25, 0.3) is 0 Å². The second kappa shape index (κ2) is 12.4. The summed E-state index contributed by atoms with van der Waals surface area (Å²) >= 11 is 0. The van der Waals surface area contributed by atoms with Crippen LogP contribution in [0.4, 0.5) is 5.69 Å². The summed E-state index contributed by atoms with van der Waals surface area (Å²) in [4.78, 5) is 33.8. The standard InChI is InChI=1S/C30H47N3O2/c1-4-29(34)33-19-17-26-13-9-14-27(32(26)18-16-23(2)3)22-31(21-25-12-7-8-15-28(25)33)30(35)20-24-10-5-6-11-24/h7-8,12,15,23-24,26-27H,4-6,9-11,13-14,16-22H2,1-3H3. The van der Waals surface area contributed by atoms with E-state index in [4.69, 9.17) is 0 Å². The zero-order valence-corrected chi connectivity index (χ0v) is 22.4. The predicted octanol–water partition coefficient (Wildman–Crippen LogP) is 6.01. The lowest BCUT2D eigenvalue weighted by atomic mass is 9.91. The van der Waals surface area contributed by atoms with Crippen molar-refractivity contribution < 1.29 is 9.59 Å². The van der Waals surface area contributed by atoms with E-state index in [-0.39, 0.29) is 5.91 Å². The van der Waals surface area contributed by atoms with Gasteiger partial charge in [0.15, 0.2) is 0 Å². The Labute approximate surface area is 213 Å². The van der Waals surface area contributed by atoms with E-state index in [1.165, 1.54) is 51.4 Å². The first-order valence-electron chi connectivity index (χ1n) is 14.4.